The van der Waals surface area contributed by atoms with Crippen LogP contribution in [0.1, 0.15) is 36.0 Å². The van der Waals surface area contributed by atoms with Crippen molar-refractivity contribution in [2.24, 2.45) is 0 Å². The number of nitrogens with one attached hydrogen (secondary N) is 1. The number of aliphatic carboxylic acids is 1. The number of alkyl carbamates (subject to hydrolysis) is 1. The average molecular weight is 264 g/mol. The van der Waals surface area contributed by atoms with Gasteiger partial charge in [0.15, 0.2) is 0 Å². The molecular weight excluding hydrogens is 242 g/mol. The number of thioether (sulfide) groups is 1. The Morgan fingerprint density at radius 1 is 1.35 bits per heavy atom. The molecule has 0 aliphatic carbocycles. The standard InChI is InChI=1S/C11H21NO4S/c1-10(2,3)16-9(15)12-7(8(13)14)11(4,5)17-6/h7H,1-6H3,(H,12,15)(H,13,14)/t7-/m1/s1/i6D. The lowest BCUT2D eigenvalue weighted by Gasteiger charge is -2.31. The van der Waals surface area contributed by atoms with Gasteiger partial charge in [0.2, 0.25) is 0 Å². The van der Waals surface area contributed by atoms with Crippen LogP contribution < -0.4 is 5.32 Å². The Kier molecular flexibility index (Phi) is 4.68. The van der Waals surface area contributed by atoms with Crippen molar-refractivity contribution in [2.45, 2.75) is 51.0 Å². The lowest BCUT2D eigenvalue weighted by atomic mass is 10.0. The minimum Gasteiger partial charge on any atom is -0.480 e. The van der Waals surface area contributed by atoms with Gasteiger partial charge in [-0.25, -0.2) is 9.59 Å². The number of rotatable bonds is 4. The molecule has 0 aliphatic rings. The van der Waals surface area contributed by atoms with Gasteiger partial charge in [-0.2, -0.15) is 11.8 Å². The summed E-state index contributed by atoms with van der Waals surface area (Å²) in [7, 11) is 0. The van der Waals surface area contributed by atoms with Crippen molar-refractivity contribution in [3.63, 3.8) is 0 Å². The highest BCUT2D eigenvalue weighted by Crippen LogP contribution is 2.26. The first-order valence-electron chi connectivity index (χ1n) is 5.86. The molecule has 5 nitrogen and oxygen atoms in total. The minimum atomic E-state index is -1.15. The quantitative estimate of drug-likeness (QED) is 0.813. The van der Waals surface area contributed by atoms with Crippen molar-refractivity contribution >= 4 is 23.8 Å². The summed E-state index contributed by atoms with van der Waals surface area (Å²) in [5, 5.41) is 11.5. The van der Waals surface area contributed by atoms with Crippen LogP contribution in [0.25, 0.3) is 0 Å². The second-order valence-electron chi connectivity index (χ2n) is 5.17. The molecule has 1 atom stereocenters. The second-order valence-corrected chi connectivity index (χ2v) is 6.51. The van der Waals surface area contributed by atoms with Gasteiger partial charge >= 0.3 is 12.1 Å². The molecule has 0 aromatic rings. The van der Waals surface area contributed by atoms with Gasteiger partial charge in [-0.3, -0.25) is 0 Å². The number of amides is 1. The molecule has 0 radical (unpaired) electrons. The van der Waals surface area contributed by atoms with Crippen LogP contribution in [0.15, 0.2) is 0 Å². The summed E-state index contributed by atoms with van der Waals surface area (Å²) in [6.07, 6.45) is -0.749. The number of carbonyl (C=O) groups excluding carboxylic acids is 1. The van der Waals surface area contributed by atoms with E-state index in [9.17, 15) is 9.59 Å². The topological polar surface area (TPSA) is 75.6 Å². The van der Waals surface area contributed by atoms with Gasteiger partial charge in [0, 0.05) is 6.12 Å². The van der Waals surface area contributed by atoms with Crippen molar-refractivity contribution in [3.05, 3.63) is 0 Å². The monoisotopic (exact) mass is 264 g/mol. The van der Waals surface area contributed by atoms with E-state index in [0.29, 0.717) is 0 Å². The molecule has 2 N–H and O–H groups in total. The van der Waals surface area contributed by atoms with Crippen molar-refractivity contribution in [1.82, 2.24) is 5.32 Å². The van der Waals surface area contributed by atoms with E-state index >= 15 is 0 Å². The van der Waals surface area contributed by atoms with Gasteiger partial charge in [-0.15, -0.1) is 0 Å². The Morgan fingerprint density at radius 2 is 1.88 bits per heavy atom. The molecule has 0 saturated heterocycles. The molecule has 0 aromatic carbocycles. The molecule has 0 aliphatic heterocycles. The number of carboxylic acid groups (broad SMARTS) is 1. The first kappa shape index (κ1) is 14.2. The Bertz CT molecular complexity index is 315. The summed E-state index contributed by atoms with van der Waals surface area (Å²) >= 11 is 1.15. The van der Waals surface area contributed by atoms with E-state index in [0.717, 1.165) is 11.8 Å². The fourth-order valence-corrected chi connectivity index (χ4v) is 1.37. The maximum Gasteiger partial charge on any atom is 0.408 e. The molecule has 0 aromatic heterocycles. The lowest BCUT2D eigenvalue weighted by Crippen LogP contribution is -2.53. The number of hydrogen-bond acceptors (Lipinski definition) is 4. The zero-order valence-corrected chi connectivity index (χ0v) is 11.7. The molecule has 0 saturated carbocycles. The lowest BCUT2D eigenvalue weighted by molar-refractivity contribution is -0.140. The summed E-state index contributed by atoms with van der Waals surface area (Å²) in [6.45, 7) is 8.44. The van der Waals surface area contributed by atoms with Crippen LogP contribution >= 0.6 is 11.8 Å². The van der Waals surface area contributed by atoms with Gasteiger partial charge < -0.3 is 15.2 Å². The number of carbonyl (C=O) groups is 2. The highest BCUT2D eigenvalue weighted by Gasteiger charge is 2.37. The largest absolute Gasteiger partial charge is 0.480 e. The summed E-state index contributed by atoms with van der Waals surface area (Å²) in [4.78, 5) is 22.7. The molecule has 0 spiro atoms. The van der Waals surface area contributed by atoms with Gasteiger partial charge in [-0.05, 0) is 40.9 Å². The normalized spacial score (nSPS) is 14.8. The summed E-state index contributed by atoms with van der Waals surface area (Å²) in [6, 6.07) is -1.11. The van der Waals surface area contributed by atoms with E-state index in [-0.39, 0.29) is 6.23 Å². The van der Waals surface area contributed by atoms with Gasteiger partial charge in [0.1, 0.15) is 11.6 Å². The SMILES string of the molecule is [2H]CSC(C)(C)[C@H](NC(=O)OC(C)(C)C)C(=O)O. The zero-order chi connectivity index (χ0) is 14.6. The molecular formula is C11H21NO4S. The number of hydrogen-bond donors (Lipinski definition) is 2. The summed E-state index contributed by atoms with van der Waals surface area (Å²) in [5.74, 6) is -1.15. The van der Waals surface area contributed by atoms with Crippen molar-refractivity contribution in [3.8, 4) is 0 Å². The smallest absolute Gasteiger partial charge is 0.408 e. The minimum absolute atomic E-state index is 0.0206. The second kappa shape index (κ2) is 5.62. The van der Waals surface area contributed by atoms with Crippen LogP contribution in [0.2, 0.25) is 0 Å². The highest BCUT2D eigenvalue weighted by molar-refractivity contribution is 8.00. The van der Waals surface area contributed by atoms with Crippen LogP contribution in [0, 0.1) is 0 Å². The fourth-order valence-electron chi connectivity index (χ4n) is 1.04. The Balaban J connectivity index is 4.75. The van der Waals surface area contributed by atoms with E-state index in [4.69, 9.17) is 11.2 Å². The molecule has 0 bridgehead atoms. The Hall–Kier alpha value is -0.910. The third-order valence-corrected chi connectivity index (χ3v) is 2.95. The van der Waals surface area contributed by atoms with E-state index < -0.39 is 28.5 Å². The molecule has 17 heavy (non-hydrogen) atoms. The molecule has 0 fully saturated rings. The molecule has 1 amide bonds. The van der Waals surface area contributed by atoms with Crippen LogP contribution in [0.4, 0.5) is 4.79 Å². The first-order chi connectivity index (χ1) is 7.99. The first-order valence-corrected chi connectivity index (χ1v) is 6.13. The summed E-state index contributed by atoms with van der Waals surface area (Å²) < 4.78 is 11.4. The Labute approximate surface area is 108 Å². The predicted octanol–water partition coefficient (Wildman–Crippen LogP) is 2.11. The summed E-state index contributed by atoms with van der Waals surface area (Å²) in [5.41, 5.74) is -0.681. The molecule has 0 unspecified atom stereocenters. The molecule has 0 heterocycles. The molecule has 0 rings (SSSR count). The Morgan fingerprint density at radius 3 is 2.24 bits per heavy atom. The van der Waals surface area contributed by atoms with Crippen molar-refractivity contribution < 1.29 is 20.8 Å². The van der Waals surface area contributed by atoms with Crippen LogP contribution in [-0.4, -0.2) is 39.8 Å². The predicted molar refractivity (Wildman–Crippen MR) is 68.4 cm³/mol. The van der Waals surface area contributed by atoms with E-state index in [2.05, 4.69) is 5.32 Å². The van der Waals surface area contributed by atoms with Crippen molar-refractivity contribution in [1.29, 1.82) is 0 Å². The van der Waals surface area contributed by atoms with Gasteiger partial charge in [-0.1, -0.05) is 0 Å². The number of carboxylic acids is 1. The van der Waals surface area contributed by atoms with Gasteiger partial charge in [0.05, 0.1) is 0 Å². The third-order valence-electron chi connectivity index (χ3n) is 1.98. The maximum absolute atomic E-state index is 11.6. The van der Waals surface area contributed by atoms with E-state index in [1.807, 2.05) is 0 Å². The van der Waals surface area contributed by atoms with Crippen LogP contribution in [-0.2, 0) is 9.53 Å². The van der Waals surface area contributed by atoms with Gasteiger partial charge in [0.25, 0.3) is 0 Å². The average Bonchev–Trinajstić information content (AvgIpc) is 2.10. The molecule has 6 heteroatoms. The molecule has 100 valence electrons. The fraction of sp³-hybridized carbons (Fsp3) is 0.818. The van der Waals surface area contributed by atoms with E-state index in [1.54, 1.807) is 34.6 Å². The number of ether oxygens (including phenoxy) is 1. The van der Waals surface area contributed by atoms with Crippen LogP contribution in [0.3, 0.4) is 0 Å². The maximum atomic E-state index is 11.6. The van der Waals surface area contributed by atoms with Crippen molar-refractivity contribution in [2.75, 3.05) is 6.23 Å². The zero-order valence-electron chi connectivity index (χ0n) is 11.9. The van der Waals surface area contributed by atoms with E-state index in [1.165, 1.54) is 0 Å². The van der Waals surface area contributed by atoms with Crippen LogP contribution in [0.5, 0.6) is 0 Å². The highest BCUT2D eigenvalue weighted by atomic mass is 32.2. The third kappa shape index (κ3) is 5.81.